The molecule has 5 N–H and O–H groups in total. The van der Waals surface area contributed by atoms with Crippen molar-refractivity contribution in [3.8, 4) is 0 Å². The third-order valence-corrected chi connectivity index (χ3v) is 3.93. The molecule has 116 valence electrons. The summed E-state index contributed by atoms with van der Waals surface area (Å²) in [4.78, 5) is 11.3. The van der Waals surface area contributed by atoms with Crippen LogP contribution in [0.2, 0.25) is 0 Å². The number of nitrogens with two attached hydrogens (primary N) is 1. The molecule has 2 atom stereocenters. The summed E-state index contributed by atoms with van der Waals surface area (Å²) in [5.74, 6) is -0.419. The molecule has 1 saturated carbocycles. The van der Waals surface area contributed by atoms with Crippen molar-refractivity contribution in [3.05, 3.63) is 0 Å². The first-order chi connectivity index (χ1) is 9.25. The lowest BCUT2D eigenvalue weighted by Gasteiger charge is -2.20. The molecule has 1 aliphatic rings. The van der Waals surface area contributed by atoms with Crippen LogP contribution in [0, 0.1) is 5.92 Å². The highest BCUT2D eigenvalue weighted by molar-refractivity contribution is 7.88. The minimum absolute atomic E-state index is 0.0278. The number of amides is 1. The van der Waals surface area contributed by atoms with E-state index in [-0.39, 0.29) is 5.84 Å². The normalized spacial score (nSPS) is 23.9. The predicted molar refractivity (Wildman–Crippen MR) is 71.3 cm³/mol. The standard InChI is InChI=1S/C10H20N4O5S/c1-6(2)19-10(15)14-20(17,18)13-8-5-3-4-7(8)9(11)12-16/h6-8,13,16H,3-5H2,1-2H3,(H2,11,12)(H,14,15). The summed E-state index contributed by atoms with van der Waals surface area (Å²) in [5, 5.41) is 11.6. The lowest BCUT2D eigenvalue weighted by atomic mass is 10.0. The van der Waals surface area contributed by atoms with Crippen LogP contribution in [0.5, 0.6) is 0 Å². The smallest absolute Gasteiger partial charge is 0.422 e. The Bertz CT molecular complexity index is 476. The monoisotopic (exact) mass is 308 g/mol. The van der Waals surface area contributed by atoms with Crippen molar-refractivity contribution in [2.45, 2.75) is 45.3 Å². The topological polar surface area (TPSA) is 143 Å². The summed E-state index contributed by atoms with van der Waals surface area (Å²) in [6.07, 6.45) is 0.415. The van der Waals surface area contributed by atoms with E-state index in [1.807, 2.05) is 0 Å². The number of amidine groups is 1. The number of nitrogens with one attached hydrogen (secondary N) is 2. The van der Waals surface area contributed by atoms with Gasteiger partial charge in [-0.2, -0.15) is 13.1 Å². The fourth-order valence-electron chi connectivity index (χ4n) is 2.11. The molecule has 10 heteroatoms. The predicted octanol–water partition coefficient (Wildman–Crippen LogP) is -0.129. The number of hydrogen-bond acceptors (Lipinski definition) is 6. The molecule has 0 spiro atoms. The maximum absolute atomic E-state index is 11.8. The van der Waals surface area contributed by atoms with Crippen LogP contribution < -0.4 is 15.2 Å². The van der Waals surface area contributed by atoms with E-state index >= 15 is 0 Å². The van der Waals surface area contributed by atoms with Crippen LogP contribution in [0.3, 0.4) is 0 Å². The van der Waals surface area contributed by atoms with E-state index in [1.54, 1.807) is 18.6 Å². The molecule has 0 aromatic rings. The minimum atomic E-state index is -4.05. The van der Waals surface area contributed by atoms with Crippen LogP contribution in [0.1, 0.15) is 33.1 Å². The quantitative estimate of drug-likeness (QED) is 0.241. The molecule has 1 amide bonds. The van der Waals surface area contributed by atoms with Gasteiger partial charge in [-0.25, -0.2) is 9.52 Å². The molecule has 0 aliphatic heterocycles. The van der Waals surface area contributed by atoms with Crippen LogP contribution in [-0.2, 0) is 14.9 Å². The first kappa shape index (κ1) is 16.5. The van der Waals surface area contributed by atoms with Crippen LogP contribution in [-0.4, -0.2) is 37.7 Å². The molecule has 20 heavy (non-hydrogen) atoms. The second kappa shape index (κ2) is 6.75. The summed E-state index contributed by atoms with van der Waals surface area (Å²) >= 11 is 0. The van der Waals surface area contributed by atoms with Gasteiger partial charge >= 0.3 is 16.3 Å². The molecule has 0 aromatic carbocycles. The number of rotatable bonds is 5. The van der Waals surface area contributed by atoms with E-state index in [0.29, 0.717) is 12.8 Å². The molecule has 1 fully saturated rings. The Morgan fingerprint density at radius 2 is 2.10 bits per heavy atom. The second-order valence-electron chi connectivity index (χ2n) is 4.85. The van der Waals surface area contributed by atoms with Gasteiger partial charge in [0.25, 0.3) is 0 Å². The third-order valence-electron chi connectivity index (χ3n) is 2.88. The molecule has 2 unspecified atom stereocenters. The van der Waals surface area contributed by atoms with Crippen LogP contribution in [0.25, 0.3) is 0 Å². The Morgan fingerprint density at radius 3 is 2.65 bits per heavy atom. The number of carbonyl (C=O) groups is 1. The van der Waals surface area contributed by atoms with Gasteiger partial charge < -0.3 is 15.7 Å². The fraction of sp³-hybridized carbons (Fsp3) is 0.800. The van der Waals surface area contributed by atoms with Crippen molar-refractivity contribution < 1.29 is 23.2 Å². The zero-order valence-corrected chi connectivity index (χ0v) is 12.2. The number of carbonyl (C=O) groups excluding carboxylic acids is 1. The van der Waals surface area contributed by atoms with Gasteiger partial charge in [0.1, 0.15) is 5.84 Å². The number of nitrogens with zero attached hydrogens (tertiary/aromatic N) is 1. The number of hydrogen-bond donors (Lipinski definition) is 4. The Morgan fingerprint density at radius 1 is 1.45 bits per heavy atom. The van der Waals surface area contributed by atoms with Gasteiger partial charge in [-0.1, -0.05) is 11.6 Å². The van der Waals surface area contributed by atoms with Crippen molar-refractivity contribution in [2.24, 2.45) is 16.8 Å². The fourth-order valence-corrected chi connectivity index (χ4v) is 3.11. The van der Waals surface area contributed by atoms with Gasteiger partial charge in [-0.3, -0.25) is 0 Å². The second-order valence-corrected chi connectivity index (χ2v) is 6.29. The Balaban J connectivity index is 2.64. The highest BCUT2D eigenvalue weighted by Gasteiger charge is 2.34. The van der Waals surface area contributed by atoms with Crippen LogP contribution in [0.4, 0.5) is 4.79 Å². The van der Waals surface area contributed by atoms with Crippen molar-refractivity contribution in [2.75, 3.05) is 0 Å². The molecule has 9 nitrogen and oxygen atoms in total. The molecule has 1 rings (SSSR count). The molecule has 0 bridgehead atoms. The molecule has 0 heterocycles. The lowest BCUT2D eigenvalue weighted by molar-refractivity contribution is 0.121. The molecule has 0 radical (unpaired) electrons. The van der Waals surface area contributed by atoms with E-state index in [4.69, 9.17) is 10.9 Å². The van der Waals surface area contributed by atoms with Crippen LogP contribution >= 0.6 is 0 Å². The van der Waals surface area contributed by atoms with Gasteiger partial charge in [-0.05, 0) is 26.7 Å². The maximum Gasteiger partial charge on any atom is 0.422 e. The molecule has 0 saturated heterocycles. The van der Waals surface area contributed by atoms with E-state index in [1.165, 1.54) is 0 Å². The first-order valence-corrected chi connectivity index (χ1v) is 7.71. The highest BCUT2D eigenvalue weighted by Crippen LogP contribution is 2.26. The Hall–Kier alpha value is -1.55. The summed E-state index contributed by atoms with van der Waals surface area (Å²) in [6.45, 7) is 3.20. The van der Waals surface area contributed by atoms with E-state index in [0.717, 1.165) is 6.42 Å². The summed E-state index contributed by atoms with van der Waals surface area (Å²) in [6, 6.07) is -0.518. The van der Waals surface area contributed by atoms with E-state index < -0.39 is 34.4 Å². The van der Waals surface area contributed by atoms with Crippen molar-refractivity contribution >= 4 is 22.1 Å². The Labute approximate surface area is 117 Å². The molecular weight excluding hydrogens is 288 g/mol. The van der Waals surface area contributed by atoms with Gasteiger partial charge in [0.2, 0.25) is 0 Å². The van der Waals surface area contributed by atoms with Crippen molar-refractivity contribution in [1.82, 2.24) is 9.44 Å². The van der Waals surface area contributed by atoms with Gasteiger partial charge in [0, 0.05) is 12.0 Å². The van der Waals surface area contributed by atoms with Gasteiger partial charge in [0.05, 0.1) is 6.10 Å². The van der Waals surface area contributed by atoms with E-state index in [2.05, 4.69) is 14.6 Å². The van der Waals surface area contributed by atoms with Crippen molar-refractivity contribution in [3.63, 3.8) is 0 Å². The van der Waals surface area contributed by atoms with E-state index in [9.17, 15) is 13.2 Å². The van der Waals surface area contributed by atoms with Crippen LogP contribution in [0.15, 0.2) is 5.16 Å². The largest absolute Gasteiger partial charge is 0.446 e. The van der Waals surface area contributed by atoms with Crippen molar-refractivity contribution in [1.29, 1.82) is 0 Å². The summed E-state index contributed by atoms with van der Waals surface area (Å²) in [7, 11) is -4.05. The third kappa shape index (κ3) is 4.85. The average Bonchev–Trinajstić information content (AvgIpc) is 2.72. The zero-order valence-electron chi connectivity index (χ0n) is 11.4. The molecule has 1 aliphatic carbocycles. The summed E-state index contributed by atoms with van der Waals surface area (Å²) in [5.41, 5.74) is 5.51. The maximum atomic E-state index is 11.8. The SMILES string of the molecule is CC(C)OC(=O)NS(=O)(=O)NC1CCCC1C(N)=NO. The molecular formula is C10H20N4O5S. The minimum Gasteiger partial charge on any atom is -0.446 e. The van der Waals surface area contributed by atoms with Gasteiger partial charge in [-0.15, -0.1) is 0 Å². The Kier molecular flexibility index (Phi) is 5.57. The lowest BCUT2D eigenvalue weighted by Crippen LogP contribution is -2.48. The first-order valence-electron chi connectivity index (χ1n) is 6.23. The average molecular weight is 308 g/mol. The zero-order chi connectivity index (χ0) is 15.3. The number of oxime groups is 1. The summed E-state index contributed by atoms with van der Waals surface area (Å²) < 4.78 is 32.3. The number of ether oxygens (including phenoxy) is 1. The van der Waals surface area contributed by atoms with Gasteiger partial charge in [0.15, 0.2) is 0 Å². The highest BCUT2D eigenvalue weighted by atomic mass is 32.2. The molecule has 0 aromatic heterocycles.